The Kier molecular flexibility index (Phi) is 8.40. The lowest BCUT2D eigenvalue weighted by Gasteiger charge is -2.25. The molecule has 0 rings (SSSR count). The molecule has 1 atom stereocenters. The minimum Gasteiger partial charge on any atom is -0.468 e. The highest BCUT2D eigenvalue weighted by molar-refractivity contribution is 5.77. The molecule has 0 aliphatic rings. The minimum atomic E-state index is -0.246. The number of nitrogens with one attached hydrogen (secondary N) is 1. The van der Waals surface area contributed by atoms with Crippen molar-refractivity contribution >= 4 is 11.9 Å². The molecule has 5 heteroatoms. The Balaban J connectivity index is 4.25. The number of hydrogen-bond acceptors (Lipinski definition) is 4. The summed E-state index contributed by atoms with van der Waals surface area (Å²) in [5, 5.41) is 2.56. The lowest BCUT2D eigenvalue weighted by Crippen LogP contribution is -2.41. The molecule has 0 radical (unpaired) electrons. The van der Waals surface area contributed by atoms with E-state index in [4.69, 9.17) is 4.74 Å². The van der Waals surface area contributed by atoms with E-state index in [0.717, 1.165) is 19.3 Å². The van der Waals surface area contributed by atoms with E-state index < -0.39 is 0 Å². The summed E-state index contributed by atoms with van der Waals surface area (Å²) < 4.78 is 4.78. The Morgan fingerprint density at radius 1 is 1.41 bits per heavy atom. The van der Waals surface area contributed by atoms with Crippen LogP contribution in [0.1, 0.15) is 32.6 Å². The second-order valence-corrected chi connectivity index (χ2v) is 4.08. The Hall–Kier alpha value is -1.10. The topological polar surface area (TPSA) is 58.6 Å². The van der Waals surface area contributed by atoms with Gasteiger partial charge in [-0.05, 0) is 13.5 Å². The molecule has 0 aromatic carbocycles. The highest BCUT2D eigenvalue weighted by Crippen LogP contribution is 2.09. The third kappa shape index (κ3) is 6.26. The van der Waals surface area contributed by atoms with Crippen LogP contribution in [-0.2, 0) is 14.3 Å². The first-order chi connectivity index (χ1) is 8.06. The molecule has 0 saturated carbocycles. The summed E-state index contributed by atoms with van der Waals surface area (Å²) in [6.07, 6.45) is 3.18. The fraction of sp³-hybridized carbons (Fsp3) is 0.833. The summed E-state index contributed by atoms with van der Waals surface area (Å²) >= 11 is 0. The number of amides is 1. The molecular weight excluding hydrogens is 220 g/mol. The highest BCUT2D eigenvalue weighted by Gasteiger charge is 2.23. The maximum atomic E-state index is 11.6. The molecular formula is C12H24N2O3. The molecule has 0 spiro atoms. The summed E-state index contributed by atoms with van der Waals surface area (Å²) in [5.41, 5.74) is 0. The average molecular weight is 244 g/mol. The summed E-state index contributed by atoms with van der Waals surface area (Å²) in [6.45, 7) is 2.64. The maximum Gasteiger partial charge on any atom is 0.323 e. The van der Waals surface area contributed by atoms with Gasteiger partial charge in [0.05, 0.1) is 7.11 Å². The van der Waals surface area contributed by atoms with E-state index in [1.807, 2.05) is 11.9 Å². The lowest BCUT2D eigenvalue weighted by molar-refractivity contribution is -0.147. The van der Waals surface area contributed by atoms with Gasteiger partial charge in [0.1, 0.15) is 6.04 Å². The predicted octanol–water partition coefficient (Wildman–Crippen LogP) is 0.786. The molecule has 0 aliphatic heterocycles. The lowest BCUT2D eigenvalue weighted by atomic mass is 10.1. The summed E-state index contributed by atoms with van der Waals surface area (Å²) in [4.78, 5) is 24.6. The molecule has 5 nitrogen and oxygen atoms in total. The van der Waals surface area contributed by atoms with Crippen molar-refractivity contribution in [2.24, 2.45) is 0 Å². The van der Waals surface area contributed by atoms with E-state index in [0.29, 0.717) is 13.0 Å². The van der Waals surface area contributed by atoms with E-state index in [-0.39, 0.29) is 17.9 Å². The van der Waals surface area contributed by atoms with Crippen molar-refractivity contribution in [3.05, 3.63) is 0 Å². The number of unbranched alkanes of at least 4 members (excludes halogenated alkanes) is 1. The van der Waals surface area contributed by atoms with Gasteiger partial charge in [0, 0.05) is 20.0 Å². The van der Waals surface area contributed by atoms with Crippen LogP contribution in [0.25, 0.3) is 0 Å². The highest BCUT2D eigenvalue weighted by atomic mass is 16.5. The molecule has 100 valence electrons. The van der Waals surface area contributed by atoms with Gasteiger partial charge >= 0.3 is 5.97 Å². The molecule has 0 saturated heterocycles. The third-order valence-electron chi connectivity index (χ3n) is 2.81. The molecule has 0 aliphatic carbocycles. The quantitative estimate of drug-likeness (QED) is 0.641. The molecule has 0 bridgehead atoms. The van der Waals surface area contributed by atoms with E-state index in [9.17, 15) is 9.59 Å². The van der Waals surface area contributed by atoms with Gasteiger partial charge in [0.2, 0.25) is 5.91 Å². The number of esters is 1. The SMILES string of the molecule is CCCCC(C(=O)OC)N(C)CCC(=O)NC. The molecule has 1 amide bonds. The second-order valence-electron chi connectivity index (χ2n) is 4.08. The molecule has 0 aromatic rings. The van der Waals surface area contributed by atoms with Gasteiger partial charge in [0.25, 0.3) is 0 Å². The summed E-state index contributed by atoms with van der Waals surface area (Å²) in [7, 11) is 4.85. The summed E-state index contributed by atoms with van der Waals surface area (Å²) in [5.74, 6) is -0.242. The van der Waals surface area contributed by atoms with Gasteiger partial charge in [-0.2, -0.15) is 0 Å². The van der Waals surface area contributed by atoms with E-state index >= 15 is 0 Å². The standard InChI is InChI=1S/C12H24N2O3/c1-5-6-7-10(12(16)17-4)14(3)9-8-11(15)13-2/h10H,5-9H2,1-4H3,(H,13,15). The van der Waals surface area contributed by atoms with Crippen LogP contribution in [0.2, 0.25) is 0 Å². The van der Waals surface area contributed by atoms with Crippen molar-refractivity contribution in [1.82, 2.24) is 10.2 Å². The number of likely N-dealkylation sites (N-methyl/N-ethyl adjacent to an activating group) is 1. The van der Waals surface area contributed by atoms with Gasteiger partial charge in [-0.1, -0.05) is 19.8 Å². The van der Waals surface area contributed by atoms with Crippen molar-refractivity contribution in [3.63, 3.8) is 0 Å². The van der Waals surface area contributed by atoms with Gasteiger partial charge in [-0.25, -0.2) is 0 Å². The van der Waals surface area contributed by atoms with Crippen LogP contribution in [-0.4, -0.2) is 50.6 Å². The Labute approximate surface area is 103 Å². The van der Waals surface area contributed by atoms with E-state index in [1.54, 1.807) is 7.05 Å². The zero-order chi connectivity index (χ0) is 13.3. The van der Waals surface area contributed by atoms with E-state index in [2.05, 4.69) is 12.2 Å². The van der Waals surface area contributed by atoms with Gasteiger partial charge < -0.3 is 10.1 Å². The van der Waals surface area contributed by atoms with Crippen LogP contribution < -0.4 is 5.32 Å². The van der Waals surface area contributed by atoms with Crippen LogP contribution >= 0.6 is 0 Å². The first-order valence-electron chi connectivity index (χ1n) is 6.05. The minimum absolute atomic E-state index is 0.0176. The first kappa shape index (κ1) is 15.9. The van der Waals surface area contributed by atoms with Crippen LogP contribution in [0.15, 0.2) is 0 Å². The Bertz CT molecular complexity index is 244. The van der Waals surface area contributed by atoms with Crippen LogP contribution in [0.3, 0.4) is 0 Å². The fourth-order valence-electron chi connectivity index (χ4n) is 1.61. The normalized spacial score (nSPS) is 12.3. The maximum absolute atomic E-state index is 11.6. The fourth-order valence-corrected chi connectivity index (χ4v) is 1.61. The van der Waals surface area contributed by atoms with Gasteiger partial charge in [-0.15, -0.1) is 0 Å². The molecule has 0 fully saturated rings. The van der Waals surface area contributed by atoms with Crippen LogP contribution in [0.4, 0.5) is 0 Å². The molecule has 1 N–H and O–H groups in total. The number of nitrogens with zero attached hydrogens (tertiary/aromatic N) is 1. The average Bonchev–Trinajstić information content (AvgIpc) is 2.35. The zero-order valence-corrected chi connectivity index (χ0v) is 11.3. The number of carbonyl (C=O) groups excluding carboxylic acids is 2. The first-order valence-corrected chi connectivity index (χ1v) is 6.05. The largest absolute Gasteiger partial charge is 0.468 e. The molecule has 17 heavy (non-hydrogen) atoms. The van der Waals surface area contributed by atoms with Crippen molar-refractivity contribution in [2.75, 3.05) is 27.7 Å². The number of ether oxygens (including phenoxy) is 1. The Morgan fingerprint density at radius 3 is 2.53 bits per heavy atom. The molecule has 1 unspecified atom stereocenters. The van der Waals surface area contributed by atoms with Crippen molar-refractivity contribution in [2.45, 2.75) is 38.6 Å². The van der Waals surface area contributed by atoms with Crippen LogP contribution in [0.5, 0.6) is 0 Å². The van der Waals surface area contributed by atoms with Crippen molar-refractivity contribution in [1.29, 1.82) is 0 Å². The number of methoxy groups -OCH3 is 1. The third-order valence-corrected chi connectivity index (χ3v) is 2.81. The number of carbonyl (C=O) groups is 2. The number of hydrogen-bond donors (Lipinski definition) is 1. The van der Waals surface area contributed by atoms with Crippen molar-refractivity contribution < 1.29 is 14.3 Å². The van der Waals surface area contributed by atoms with Crippen LogP contribution in [0, 0.1) is 0 Å². The zero-order valence-electron chi connectivity index (χ0n) is 11.3. The Morgan fingerprint density at radius 2 is 2.06 bits per heavy atom. The molecule has 0 heterocycles. The van der Waals surface area contributed by atoms with E-state index in [1.165, 1.54) is 7.11 Å². The summed E-state index contributed by atoms with van der Waals surface area (Å²) in [6, 6.07) is -0.246. The number of rotatable bonds is 8. The predicted molar refractivity (Wildman–Crippen MR) is 66.6 cm³/mol. The second kappa shape index (κ2) is 8.98. The van der Waals surface area contributed by atoms with Crippen molar-refractivity contribution in [3.8, 4) is 0 Å². The smallest absolute Gasteiger partial charge is 0.323 e. The monoisotopic (exact) mass is 244 g/mol. The molecule has 0 aromatic heterocycles. The van der Waals surface area contributed by atoms with Gasteiger partial charge in [-0.3, -0.25) is 14.5 Å². The van der Waals surface area contributed by atoms with Gasteiger partial charge in [0.15, 0.2) is 0 Å².